The molecule has 176 valence electrons. The molecule has 34 heavy (non-hydrogen) atoms. The second-order valence-corrected chi connectivity index (χ2v) is 8.45. The number of carbonyl (C=O) groups excluding carboxylic acids is 2. The minimum Gasteiger partial charge on any atom is -0.455 e. The lowest BCUT2D eigenvalue weighted by Crippen LogP contribution is -2.50. The van der Waals surface area contributed by atoms with Gasteiger partial charge in [-0.05, 0) is 36.4 Å². The Morgan fingerprint density at radius 1 is 0.706 bits per heavy atom. The fourth-order valence-electron chi connectivity index (χ4n) is 3.73. The summed E-state index contributed by atoms with van der Waals surface area (Å²) >= 11 is 6.11. The number of benzene rings is 3. The number of ether oxygens (including phenoxy) is 1. The lowest BCUT2D eigenvalue weighted by Gasteiger charge is -2.33. The van der Waals surface area contributed by atoms with E-state index in [2.05, 4.69) is 20.4 Å². The third kappa shape index (κ3) is 6.81. The van der Waals surface area contributed by atoms with Crippen LogP contribution < -0.4 is 15.4 Å². The molecule has 4 rings (SSSR count). The Morgan fingerprint density at radius 2 is 1.21 bits per heavy atom. The van der Waals surface area contributed by atoms with Crippen molar-refractivity contribution in [2.24, 2.45) is 0 Å². The summed E-state index contributed by atoms with van der Waals surface area (Å²) in [5, 5.41) is 6.32. The third-order valence-electron chi connectivity index (χ3n) is 5.48. The van der Waals surface area contributed by atoms with Crippen LogP contribution in [0.3, 0.4) is 0 Å². The number of carbonyl (C=O) groups is 2. The Kier molecular flexibility index (Phi) is 8.14. The molecular formula is C26H27ClN4O3. The molecule has 2 N–H and O–H groups in total. The van der Waals surface area contributed by atoms with Gasteiger partial charge in [-0.1, -0.05) is 54.1 Å². The number of amides is 2. The first-order chi connectivity index (χ1) is 16.6. The van der Waals surface area contributed by atoms with E-state index in [1.807, 2.05) is 66.7 Å². The molecule has 0 spiro atoms. The summed E-state index contributed by atoms with van der Waals surface area (Å²) < 4.78 is 5.92. The van der Waals surface area contributed by atoms with Crippen molar-refractivity contribution in [2.75, 3.05) is 49.9 Å². The molecule has 1 heterocycles. The summed E-state index contributed by atoms with van der Waals surface area (Å²) in [4.78, 5) is 29.2. The number of anilines is 2. The van der Waals surface area contributed by atoms with Gasteiger partial charge < -0.3 is 15.4 Å². The van der Waals surface area contributed by atoms with Crippen molar-refractivity contribution in [2.45, 2.75) is 0 Å². The topological polar surface area (TPSA) is 73.9 Å². The summed E-state index contributed by atoms with van der Waals surface area (Å²) in [7, 11) is 0. The normalized spacial score (nSPS) is 14.4. The van der Waals surface area contributed by atoms with E-state index in [-0.39, 0.29) is 24.9 Å². The smallest absolute Gasteiger partial charge is 0.238 e. The Morgan fingerprint density at radius 3 is 1.82 bits per heavy atom. The predicted molar refractivity (Wildman–Crippen MR) is 135 cm³/mol. The molecule has 7 nitrogen and oxygen atoms in total. The van der Waals surface area contributed by atoms with Crippen molar-refractivity contribution in [3.63, 3.8) is 0 Å². The maximum atomic E-state index is 12.7. The van der Waals surface area contributed by atoms with E-state index in [9.17, 15) is 9.59 Å². The zero-order chi connectivity index (χ0) is 23.8. The van der Waals surface area contributed by atoms with E-state index in [0.29, 0.717) is 54.1 Å². The first-order valence-corrected chi connectivity index (χ1v) is 11.6. The molecule has 0 saturated carbocycles. The van der Waals surface area contributed by atoms with Crippen LogP contribution in [0.5, 0.6) is 11.5 Å². The molecule has 1 aliphatic heterocycles. The predicted octanol–water partition coefficient (Wildman–Crippen LogP) is 4.33. The Balaban J connectivity index is 1.23. The van der Waals surface area contributed by atoms with Crippen molar-refractivity contribution in [3.8, 4) is 11.5 Å². The molecule has 1 fully saturated rings. The number of halogens is 1. The standard InChI is InChI=1S/C26H27ClN4O3/c27-21-10-4-5-11-22(21)28-25(32)18-30-14-16-31(17-15-30)19-26(33)29-23-12-6-7-13-24(23)34-20-8-2-1-3-9-20/h1-13H,14-19H2,(H,28,32)(H,29,33). The Bertz CT molecular complexity index is 1120. The van der Waals surface area contributed by atoms with E-state index in [4.69, 9.17) is 16.3 Å². The van der Waals surface area contributed by atoms with Gasteiger partial charge in [0.2, 0.25) is 11.8 Å². The average Bonchev–Trinajstić information content (AvgIpc) is 2.84. The largest absolute Gasteiger partial charge is 0.455 e. The summed E-state index contributed by atoms with van der Waals surface area (Å²) in [6.07, 6.45) is 0. The number of nitrogens with zero attached hydrogens (tertiary/aromatic N) is 2. The fourth-order valence-corrected chi connectivity index (χ4v) is 3.91. The van der Waals surface area contributed by atoms with E-state index >= 15 is 0 Å². The van der Waals surface area contributed by atoms with Crippen LogP contribution in [0.4, 0.5) is 11.4 Å². The van der Waals surface area contributed by atoms with Gasteiger partial charge >= 0.3 is 0 Å². The first kappa shape index (κ1) is 23.8. The van der Waals surface area contributed by atoms with Gasteiger partial charge in [0.1, 0.15) is 5.75 Å². The second kappa shape index (κ2) is 11.7. The van der Waals surface area contributed by atoms with Crippen molar-refractivity contribution in [1.29, 1.82) is 0 Å². The zero-order valence-corrected chi connectivity index (χ0v) is 19.5. The van der Waals surface area contributed by atoms with Gasteiger partial charge in [0.25, 0.3) is 0 Å². The molecule has 3 aromatic rings. The summed E-state index contributed by atoms with van der Waals surface area (Å²) in [5.41, 5.74) is 1.24. The van der Waals surface area contributed by atoms with Crippen molar-refractivity contribution >= 4 is 34.8 Å². The molecule has 8 heteroatoms. The van der Waals surface area contributed by atoms with Crippen molar-refractivity contribution in [3.05, 3.63) is 83.9 Å². The molecule has 0 aromatic heterocycles. The summed E-state index contributed by atoms with van der Waals surface area (Å²) in [6.45, 7) is 3.38. The zero-order valence-electron chi connectivity index (χ0n) is 18.7. The quantitative estimate of drug-likeness (QED) is 0.504. The number of para-hydroxylation sites is 4. The highest BCUT2D eigenvalue weighted by Crippen LogP contribution is 2.29. The van der Waals surface area contributed by atoms with Crippen LogP contribution in [0, 0.1) is 0 Å². The minimum absolute atomic E-state index is 0.102. The third-order valence-corrected chi connectivity index (χ3v) is 5.81. The molecule has 0 aliphatic carbocycles. The maximum Gasteiger partial charge on any atom is 0.238 e. The first-order valence-electron chi connectivity index (χ1n) is 11.2. The highest BCUT2D eigenvalue weighted by molar-refractivity contribution is 6.33. The lowest BCUT2D eigenvalue weighted by atomic mass is 10.2. The van der Waals surface area contributed by atoms with Crippen LogP contribution in [0.15, 0.2) is 78.9 Å². The van der Waals surface area contributed by atoms with Gasteiger partial charge in [-0.3, -0.25) is 19.4 Å². The minimum atomic E-state index is -0.103. The van der Waals surface area contributed by atoms with Gasteiger partial charge in [-0.25, -0.2) is 0 Å². The van der Waals surface area contributed by atoms with Crippen LogP contribution in [-0.4, -0.2) is 60.9 Å². The highest BCUT2D eigenvalue weighted by atomic mass is 35.5. The molecule has 3 aromatic carbocycles. The number of hydrogen-bond acceptors (Lipinski definition) is 5. The lowest BCUT2D eigenvalue weighted by molar-refractivity contribution is -0.120. The number of rotatable bonds is 8. The Labute approximate surface area is 204 Å². The van der Waals surface area contributed by atoms with E-state index < -0.39 is 0 Å². The van der Waals surface area contributed by atoms with Crippen molar-refractivity contribution < 1.29 is 14.3 Å². The molecule has 1 aliphatic rings. The molecule has 0 unspecified atom stereocenters. The summed E-state index contributed by atoms with van der Waals surface area (Å²) in [5.74, 6) is 1.10. The highest BCUT2D eigenvalue weighted by Gasteiger charge is 2.21. The number of hydrogen-bond donors (Lipinski definition) is 2. The van der Waals surface area contributed by atoms with Crippen LogP contribution in [-0.2, 0) is 9.59 Å². The van der Waals surface area contributed by atoms with Crippen LogP contribution in [0.25, 0.3) is 0 Å². The summed E-state index contributed by atoms with van der Waals surface area (Å²) in [6, 6.07) is 24.0. The molecular weight excluding hydrogens is 452 g/mol. The van der Waals surface area contributed by atoms with Gasteiger partial charge in [-0.2, -0.15) is 0 Å². The Hall–Kier alpha value is -3.39. The van der Waals surface area contributed by atoms with Gasteiger partial charge in [0, 0.05) is 26.2 Å². The monoisotopic (exact) mass is 478 g/mol. The molecule has 0 atom stereocenters. The molecule has 1 saturated heterocycles. The van der Waals surface area contributed by atoms with Crippen LogP contribution in [0.1, 0.15) is 0 Å². The van der Waals surface area contributed by atoms with Gasteiger partial charge in [0.05, 0.1) is 29.5 Å². The van der Waals surface area contributed by atoms with E-state index in [1.165, 1.54) is 0 Å². The fraction of sp³-hybridized carbons (Fsp3) is 0.231. The van der Waals surface area contributed by atoms with E-state index in [1.54, 1.807) is 12.1 Å². The average molecular weight is 479 g/mol. The molecule has 0 radical (unpaired) electrons. The number of nitrogens with one attached hydrogen (secondary N) is 2. The number of piperazine rings is 1. The van der Waals surface area contributed by atoms with Gasteiger partial charge in [-0.15, -0.1) is 0 Å². The van der Waals surface area contributed by atoms with Crippen LogP contribution in [0.2, 0.25) is 5.02 Å². The van der Waals surface area contributed by atoms with Crippen molar-refractivity contribution in [1.82, 2.24) is 9.80 Å². The SMILES string of the molecule is O=C(CN1CCN(CC(=O)Nc2ccccc2Oc2ccccc2)CC1)Nc1ccccc1Cl. The molecule has 2 amide bonds. The van der Waals surface area contributed by atoms with Gasteiger partial charge in [0.15, 0.2) is 5.75 Å². The molecule has 0 bridgehead atoms. The van der Waals surface area contributed by atoms with Crippen LogP contribution >= 0.6 is 11.6 Å². The van der Waals surface area contributed by atoms with E-state index in [0.717, 1.165) is 0 Å². The maximum absolute atomic E-state index is 12.7. The second-order valence-electron chi connectivity index (χ2n) is 8.04.